The Kier molecular flexibility index (Phi) is 4.59. The number of nitrogens with two attached hydrogens (primary N) is 1. The monoisotopic (exact) mass is 155 g/mol. The molecule has 0 saturated heterocycles. The fraction of sp³-hybridized carbons (Fsp3) is 0.667. The van der Waals surface area contributed by atoms with Crippen molar-refractivity contribution >= 4 is 5.91 Å². The third-order valence-corrected chi connectivity index (χ3v) is 1.85. The van der Waals surface area contributed by atoms with Crippen molar-refractivity contribution in [3.05, 3.63) is 11.6 Å². The maximum absolute atomic E-state index is 10.8. The smallest absolute Gasteiger partial charge is 0.244 e. The van der Waals surface area contributed by atoms with Crippen LogP contribution in [0.5, 0.6) is 0 Å². The van der Waals surface area contributed by atoms with Gasteiger partial charge in [-0.1, -0.05) is 26.3 Å². The first kappa shape index (κ1) is 10.2. The highest BCUT2D eigenvalue weighted by molar-refractivity contribution is 5.92. The largest absolute Gasteiger partial charge is 0.366 e. The lowest BCUT2D eigenvalue weighted by atomic mass is 9.96. The highest BCUT2D eigenvalue weighted by Gasteiger charge is 2.11. The van der Waals surface area contributed by atoms with E-state index in [9.17, 15) is 4.79 Å². The molecule has 0 heterocycles. The summed E-state index contributed by atoms with van der Waals surface area (Å²) < 4.78 is 0. The maximum atomic E-state index is 10.8. The molecule has 1 amide bonds. The van der Waals surface area contributed by atoms with E-state index in [-0.39, 0.29) is 5.91 Å². The van der Waals surface area contributed by atoms with E-state index in [1.807, 2.05) is 19.9 Å². The second kappa shape index (κ2) is 4.94. The number of carbonyl (C=O) groups is 1. The van der Waals surface area contributed by atoms with E-state index >= 15 is 0 Å². The number of allylic oxidation sites excluding steroid dienone is 1. The Hall–Kier alpha value is -0.790. The van der Waals surface area contributed by atoms with E-state index in [1.54, 1.807) is 0 Å². The van der Waals surface area contributed by atoms with Crippen molar-refractivity contribution < 1.29 is 4.79 Å². The van der Waals surface area contributed by atoms with Gasteiger partial charge in [-0.3, -0.25) is 4.79 Å². The van der Waals surface area contributed by atoms with E-state index < -0.39 is 0 Å². The molecule has 2 N–H and O–H groups in total. The van der Waals surface area contributed by atoms with Gasteiger partial charge in [-0.25, -0.2) is 0 Å². The summed E-state index contributed by atoms with van der Waals surface area (Å²) in [6.45, 7) is 5.99. The summed E-state index contributed by atoms with van der Waals surface area (Å²) in [6.07, 6.45) is 3.93. The quantitative estimate of drug-likeness (QED) is 0.618. The molecule has 0 spiro atoms. The number of amides is 1. The minimum Gasteiger partial charge on any atom is -0.366 e. The van der Waals surface area contributed by atoms with Gasteiger partial charge in [-0.2, -0.15) is 0 Å². The van der Waals surface area contributed by atoms with Crippen LogP contribution in [0.2, 0.25) is 0 Å². The minimum atomic E-state index is -0.284. The Labute approximate surface area is 68.5 Å². The van der Waals surface area contributed by atoms with E-state index in [2.05, 4.69) is 6.92 Å². The van der Waals surface area contributed by atoms with Crippen LogP contribution < -0.4 is 5.73 Å². The number of primary amides is 1. The van der Waals surface area contributed by atoms with Crippen molar-refractivity contribution in [3.63, 3.8) is 0 Å². The molecule has 0 aliphatic heterocycles. The van der Waals surface area contributed by atoms with Gasteiger partial charge in [0, 0.05) is 5.57 Å². The van der Waals surface area contributed by atoms with Gasteiger partial charge in [0.05, 0.1) is 0 Å². The summed E-state index contributed by atoms with van der Waals surface area (Å²) in [6, 6.07) is 0. The lowest BCUT2D eigenvalue weighted by Crippen LogP contribution is -2.18. The number of hydrogen-bond donors (Lipinski definition) is 1. The Morgan fingerprint density at radius 3 is 2.45 bits per heavy atom. The zero-order valence-corrected chi connectivity index (χ0v) is 7.55. The standard InChI is InChI=1S/C9H17NO/c1-4-6-7(3)8(5-2)9(10)11/h5,7H,4,6H2,1-3H3,(H2,10,11)/b8-5+. The Bertz CT molecular complexity index is 161. The SMILES string of the molecule is C/C=C(/C(N)=O)C(C)CCC. The molecule has 0 fully saturated rings. The molecule has 0 aliphatic rings. The predicted molar refractivity (Wildman–Crippen MR) is 47.0 cm³/mol. The van der Waals surface area contributed by atoms with Crippen LogP contribution >= 0.6 is 0 Å². The molecule has 0 aliphatic carbocycles. The van der Waals surface area contributed by atoms with Crippen LogP contribution in [0.25, 0.3) is 0 Å². The van der Waals surface area contributed by atoms with Gasteiger partial charge >= 0.3 is 0 Å². The van der Waals surface area contributed by atoms with Crippen LogP contribution in [0.4, 0.5) is 0 Å². The maximum Gasteiger partial charge on any atom is 0.244 e. The molecular weight excluding hydrogens is 138 g/mol. The van der Waals surface area contributed by atoms with E-state index in [4.69, 9.17) is 5.73 Å². The third kappa shape index (κ3) is 3.21. The van der Waals surface area contributed by atoms with Crippen LogP contribution in [0, 0.1) is 5.92 Å². The molecule has 0 rings (SSSR count). The van der Waals surface area contributed by atoms with E-state index in [1.165, 1.54) is 0 Å². The molecule has 0 bridgehead atoms. The first-order valence-corrected chi connectivity index (χ1v) is 4.09. The molecule has 0 saturated carbocycles. The second-order valence-corrected chi connectivity index (χ2v) is 2.80. The zero-order chi connectivity index (χ0) is 8.85. The molecule has 0 radical (unpaired) electrons. The Morgan fingerprint density at radius 2 is 2.18 bits per heavy atom. The van der Waals surface area contributed by atoms with Crippen molar-refractivity contribution in [2.24, 2.45) is 11.7 Å². The molecule has 64 valence electrons. The summed E-state index contributed by atoms with van der Waals surface area (Å²) >= 11 is 0. The summed E-state index contributed by atoms with van der Waals surface area (Å²) in [5.41, 5.74) is 5.93. The first-order valence-electron chi connectivity index (χ1n) is 4.09. The van der Waals surface area contributed by atoms with Gasteiger partial charge < -0.3 is 5.73 Å². The summed E-state index contributed by atoms with van der Waals surface area (Å²) in [5, 5.41) is 0. The Morgan fingerprint density at radius 1 is 1.64 bits per heavy atom. The minimum absolute atomic E-state index is 0.284. The van der Waals surface area contributed by atoms with Crippen molar-refractivity contribution in [2.45, 2.75) is 33.6 Å². The highest BCUT2D eigenvalue weighted by atomic mass is 16.1. The molecule has 2 nitrogen and oxygen atoms in total. The summed E-state index contributed by atoms with van der Waals surface area (Å²) in [7, 11) is 0. The number of rotatable bonds is 4. The lowest BCUT2D eigenvalue weighted by molar-refractivity contribution is -0.115. The van der Waals surface area contributed by atoms with E-state index in [0.29, 0.717) is 5.92 Å². The molecular formula is C9H17NO. The Balaban J connectivity index is 4.16. The molecule has 1 atom stereocenters. The van der Waals surface area contributed by atoms with E-state index in [0.717, 1.165) is 18.4 Å². The number of carbonyl (C=O) groups excluding carboxylic acids is 1. The van der Waals surface area contributed by atoms with Crippen LogP contribution in [-0.2, 0) is 4.79 Å². The van der Waals surface area contributed by atoms with Crippen molar-refractivity contribution in [1.29, 1.82) is 0 Å². The van der Waals surface area contributed by atoms with Gasteiger partial charge in [-0.15, -0.1) is 0 Å². The van der Waals surface area contributed by atoms with Crippen LogP contribution in [-0.4, -0.2) is 5.91 Å². The molecule has 2 heteroatoms. The van der Waals surface area contributed by atoms with Crippen LogP contribution in [0.15, 0.2) is 11.6 Å². The van der Waals surface area contributed by atoms with Gasteiger partial charge in [-0.05, 0) is 19.3 Å². The fourth-order valence-electron chi connectivity index (χ4n) is 1.26. The molecule has 11 heavy (non-hydrogen) atoms. The zero-order valence-electron chi connectivity index (χ0n) is 7.55. The van der Waals surface area contributed by atoms with Crippen molar-refractivity contribution in [1.82, 2.24) is 0 Å². The average molecular weight is 155 g/mol. The van der Waals surface area contributed by atoms with Gasteiger partial charge in [0.2, 0.25) is 5.91 Å². The predicted octanol–water partition coefficient (Wildman–Crippen LogP) is 1.85. The van der Waals surface area contributed by atoms with Gasteiger partial charge in [0.1, 0.15) is 0 Å². The van der Waals surface area contributed by atoms with Crippen molar-refractivity contribution in [2.75, 3.05) is 0 Å². The first-order chi connectivity index (χ1) is 5.13. The van der Waals surface area contributed by atoms with Crippen LogP contribution in [0.1, 0.15) is 33.6 Å². The third-order valence-electron chi connectivity index (χ3n) is 1.85. The molecule has 0 aromatic rings. The highest BCUT2D eigenvalue weighted by Crippen LogP contribution is 2.15. The fourth-order valence-corrected chi connectivity index (χ4v) is 1.26. The molecule has 0 aromatic carbocycles. The summed E-state index contributed by atoms with van der Waals surface area (Å²) in [4.78, 5) is 10.8. The average Bonchev–Trinajstić information content (AvgIpc) is 1.88. The molecule has 1 unspecified atom stereocenters. The van der Waals surface area contributed by atoms with Crippen molar-refractivity contribution in [3.8, 4) is 0 Å². The molecule has 0 aromatic heterocycles. The van der Waals surface area contributed by atoms with Gasteiger partial charge in [0.15, 0.2) is 0 Å². The lowest BCUT2D eigenvalue weighted by Gasteiger charge is -2.10. The number of hydrogen-bond acceptors (Lipinski definition) is 1. The topological polar surface area (TPSA) is 43.1 Å². The summed E-state index contributed by atoms with van der Waals surface area (Å²) in [5.74, 6) is 0.0240. The van der Waals surface area contributed by atoms with Gasteiger partial charge in [0.25, 0.3) is 0 Å². The second-order valence-electron chi connectivity index (χ2n) is 2.80. The normalized spacial score (nSPS) is 14.6. The van der Waals surface area contributed by atoms with Crippen LogP contribution in [0.3, 0.4) is 0 Å².